The Bertz CT molecular complexity index is 569. The number of hydrogen-bond donors (Lipinski definition) is 1. The van der Waals surface area contributed by atoms with E-state index in [9.17, 15) is 9.50 Å². The third-order valence-corrected chi connectivity index (χ3v) is 3.38. The molecular formula is C16H16ClFO2. The van der Waals surface area contributed by atoms with Crippen LogP contribution in [-0.4, -0.2) is 18.3 Å². The molecule has 0 fully saturated rings. The summed E-state index contributed by atoms with van der Waals surface area (Å²) in [5.41, 5.74) is 1.84. The van der Waals surface area contributed by atoms with E-state index in [0.717, 1.165) is 16.9 Å². The maximum absolute atomic E-state index is 13.0. The molecule has 2 aromatic carbocycles. The first-order valence-electron chi connectivity index (χ1n) is 6.33. The molecule has 20 heavy (non-hydrogen) atoms. The highest BCUT2D eigenvalue weighted by Crippen LogP contribution is 2.18. The van der Waals surface area contributed by atoms with E-state index in [-0.39, 0.29) is 5.02 Å². The molecule has 0 spiro atoms. The lowest BCUT2D eigenvalue weighted by atomic mass is 10.0. The number of hydrogen-bond acceptors (Lipinski definition) is 2. The zero-order chi connectivity index (χ0) is 14.5. The van der Waals surface area contributed by atoms with Gasteiger partial charge in [0, 0.05) is 0 Å². The summed E-state index contributed by atoms with van der Waals surface area (Å²) in [5, 5.41) is 10.2. The summed E-state index contributed by atoms with van der Waals surface area (Å²) < 4.78 is 18.1. The molecule has 0 aliphatic rings. The van der Waals surface area contributed by atoms with Gasteiger partial charge in [0.05, 0.1) is 18.2 Å². The van der Waals surface area contributed by atoms with Crippen LogP contribution in [0.25, 0.3) is 0 Å². The topological polar surface area (TPSA) is 29.5 Å². The molecule has 1 N–H and O–H groups in total. The van der Waals surface area contributed by atoms with E-state index in [1.54, 1.807) is 19.2 Å². The molecule has 2 rings (SSSR count). The van der Waals surface area contributed by atoms with Crippen LogP contribution in [0.15, 0.2) is 42.5 Å². The van der Waals surface area contributed by atoms with E-state index >= 15 is 0 Å². The van der Waals surface area contributed by atoms with Gasteiger partial charge in [-0.2, -0.15) is 0 Å². The number of rotatable bonds is 5. The Morgan fingerprint density at radius 3 is 2.30 bits per heavy atom. The Labute approximate surface area is 122 Å². The predicted octanol–water partition coefficient (Wildman–Crippen LogP) is 3.63. The summed E-state index contributed by atoms with van der Waals surface area (Å²) in [7, 11) is 1.61. The zero-order valence-electron chi connectivity index (χ0n) is 11.1. The van der Waals surface area contributed by atoms with Crippen LogP contribution in [-0.2, 0) is 12.8 Å². The van der Waals surface area contributed by atoms with Crippen molar-refractivity contribution in [3.63, 3.8) is 0 Å². The summed E-state index contributed by atoms with van der Waals surface area (Å²) in [6, 6.07) is 12.1. The Balaban J connectivity index is 1.97. The number of halogens is 2. The van der Waals surface area contributed by atoms with Gasteiger partial charge in [0.1, 0.15) is 11.6 Å². The molecular weight excluding hydrogens is 279 g/mol. The molecule has 0 saturated heterocycles. The van der Waals surface area contributed by atoms with Gasteiger partial charge in [-0.1, -0.05) is 29.8 Å². The van der Waals surface area contributed by atoms with Crippen LogP contribution in [0.1, 0.15) is 11.1 Å². The summed E-state index contributed by atoms with van der Waals surface area (Å²) in [5.74, 6) is 0.341. The maximum atomic E-state index is 13.0. The number of benzene rings is 2. The van der Waals surface area contributed by atoms with E-state index in [0.29, 0.717) is 12.8 Å². The molecule has 0 heterocycles. The van der Waals surface area contributed by atoms with Gasteiger partial charge < -0.3 is 9.84 Å². The minimum Gasteiger partial charge on any atom is -0.497 e. The van der Waals surface area contributed by atoms with E-state index in [1.807, 2.05) is 24.3 Å². The molecule has 0 aromatic heterocycles. The van der Waals surface area contributed by atoms with E-state index < -0.39 is 11.9 Å². The van der Waals surface area contributed by atoms with Crippen molar-refractivity contribution in [2.45, 2.75) is 18.9 Å². The van der Waals surface area contributed by atoms with Crippen LogP contribution in [0.3, 0.4) is 0 Å². The molecule has 0 radical (unpaired) electrons. The van der Waals surface area contributed by atoms with Crippen LogP contribution >= 0.6 is 11.6 Å². The maximum Gasteiger partial charge on any atom is 0.141 e. The first-order valence-corrected chi connectivity index (χ1v) is 6.71. The van der Waals surface area contributed by atoms with Crippen LogP contribution in [0.5, 0.6) is 5.75 Å². The van der Waals surface area contributed by atoms with Crippen molar-refractivity contribution in [3.05, 3.63) is 64.4 Å². The third-order valence-electron chi connectivity index (χ3n) is 3.09. The molecule has 1 atom stereocenters. The number of methoxy groups -OCH3 is 1. The highest BCUT2D eigenvalue weighted by Gasteiger charge is 2.09. The number of aliphatic hydroxyl groups is 1. The van der Waals surface area contributed by atoms with Crippen molar-refractivity contribution in [2.75, 3.05) is 7.11 Å². The second-order valence-electron chi connectivity index (χ2n) is 4.66. The van der Waals surface area contributed by atoms with Gasteiger partial charge in [-0.25, -0.2) is 4.39 Å². The molecule has 106 valence electrons. The summed E-state index contributed by atoms with van der Waals surface area (Å²) in [4.78, 5) is 0. The molecule has 4 heteroatoms. The van der Waals surface area contributed by atoms with E-state index in [2.05, 4.69) is 0 Å². The zero-order valence-corrected chi connectivity index (χ0v) is 11.9. The van der Waals surface area contributed by atoms with Gasteiger partial charge in [-0.15, -0.1) is 0 Å². The third kappa shape index (κ3) is 3.95. The fraction of sp³-hybridized carbons (Fsp3) is 0.250. The van der Waals surface area contributed by atoms with Gasteiger partial charge in [0.25, 0.3) is 0 Å². The second kappa shape index (κ2) is 6.73. The van der Waals surface area contributed by atoms with Gasteiger partial charge in [-0.05, 0) is 48.2 Å². The fourth-order valence-electron chi connectivity index (χ4n) is 2.04. The van der Waals surface area contributed by atoms with Gasteiger partial charge >= 0.3 is 0 Å². The first-order chi connectivity index (χ1) is 9.58. The smallest absolute Gasteiger partial charge is 0.141 e. The van der Waals surface area contributed by atoms with Crippen LogP contribution in [0.4, 0.5) is 4.39 Å². The van der Waals surface area contributed by atoms with Crippen molar-refractivity contribution in [2.24, 2.45) is 0 Å². The monoisotopic (exact) mass is 294 g/mol. The van der Waals surface area contributed by atoms with Gasteiger partial charge in [-0.3, -0.25) is 0 Å². The summed E-state index contributed by atoms with van der Waals surface area (Å²) in [6.07, 6.45) is 0.426. The highest BCUT2D eigenvalue weighted by molar-refractivity contribution is 6.30. The van der Waals surface area contributed by atoms with Crippen molar-refractivity contribution >= 4 is 11.6 Å². The largest absolute Gasteiger partial charge is 0.497 e. The molecule has 0 amide bonds. The van der Waals surface area contributed by atoms with Crippen molar-refractivity contribution in [1.29, 1.82) is 0 Å². The van der Waals surface area contributed by atoms with Gasteiger partial charge in [0.2, 0.25) is 0 Å². The van der Waals surface area contributed by atoms with Gasteiger partial charge in [0.15, 0.2) is 0 Å². The molecule has 0 bridgehead atoms. The summed E-state index contributed by atoms with van der Waals surface area (Å²) in [6.45, 7) is 0. The van der Waals surface area contributed by atoms with Crippen LogP contribution in [0.2, 0.25) is 5.02 Å². The van der Waals surface area contributed by atoms with Crippen molar-refractivity contribution in [3.8, 4) is 5.75 Å². The Morgan fingerprint density at radius 1 is 1.10 bits per heavy atom. The molecule has 1 unspecified atom stereocenters. The molecule has 2 nitrogen and oxygen atoms in total. The SMILES string of the molecule is COc1ccc(CC(O)Cc2ccc(F)c(Cl)c2)cc1. The Hall–Kier alpha value is -1.58. The van der Waals surface area contributed by atoms with E-state index in [4.69, 9.17) is 16.3 Å². The second-order valence-corrected chi connectivity index (χ2v) is 5.07. The van der Waals surface area contributed by atoms with Crippen molar-refractivity contribution < 1.29 is 14.2 Å². The van der Waals surface area contributed by atoms with E-state index in [1.165, 1.54) is 6.07 Å². The molecule has 0 aliphatic carbocycles. The minimum absolute atomic E-state index is 0.0825. The average molecular weight is 295 g/mol. The quantitative estimate of drug-likeness (QED) is 0.912. The number of aliphatic hydroxyl groups excluding tert-OH is 1. The fourth-order valence-corrected chi connectivity index (χ4v) is 2.25. The lowest BCUT2D eigenvalue weighted by Crippen LogP contribution is -2.14. The molecule has 0 saturated carbocycles. The van der Waals surface area contributed by atoms with Crippen molar-refractivity contribution in [1.82, 2.24) is 0 Å². The van der Waals surface area contributed by atoms with Crippen LogP contribution in [0, 0.1) is 5.82 Å². The lowest BCUT2D eigenvalue weighted by Gasteiger charge is -2.11. The lowest BCUT2D eigenvalue weighted by molar-refractivity contribution is 0.175. The standard InChI is InChI=1S/C16H16ClFO2/c1-20-14-5-2-11(3-6-14)8-13(19)9-12-4-7-16(18)15(17)10-12/h2-7,10,13,19H,8-9H2,1H3. The normalized spacial score (nSPS) is 12.2. The Morgan fingerprint density at radius 2 is 1.70 bits per heavy atom. The number of ether oxygens (including phenoxy) is 1. The van der Waals surface area contributed by atoms with Crippen LogP contribution < -0.4 is 4.74 Å². The summed E-state index contributed by atoms with van der Waals surface area (Å²) >= 11 is 5.72. The molecule has 0 aliphatic heterocycles. The average Bonchev–Trinajstić information content (AvgIpc) is 2.44. The minimum atomic E-state index is -0.537. The first kappa shape index (κ1) is 14.8. The highest BCUT2D eigenvalue weighted by atomic mass is 35.5. The predicted molar refractivity (Wildman–Crippen MR) is 77.8 cm³/mol. The Kier molecular flexibility index (Phi) is 4.99. The molecule has 2 aromatic rings.